The number of rotatable bonds is 6. The number of Topliss-reactive ketones (excluding diaryl/α,β-unsaturated/α-hetero) is 1. The van der Waals surface area contributed by atoms with Crippen molar-refractivity contribution in [2.75, 3.05) is 0 Å². The Morgan fingerprint density at radius 2 is 1.50 bits per heavy atom. The van der Waals surface area contributed by atoms with E-state index in [9.17, 15) is 9.59 Å². The second-order valence-corrected chi connectivity index (χ2v) is 22.2. The van der Waals surface area contributed by atoms with Gasteiger partial charge in [-0.1, -0.05) is 114 Å². The highest BCUT2D eigenvalue weighted by molar-refractivity contribution is 6.99. The summed E-state index contributed by atoms with van der Waals surface area (Å²) in [5, 5.41) is 2.16. The van der Waals surface area contributed by atoms with E-state index in [1.54, 1.807) is 0 Å². The van der Waals surface area contributed by atoms with Crippen molar-refractivity contribution in [3.8, 4) is 0 Å². The molecule has 0 N–H and O–H groups in total. The van der Waals surface area contributed by atoms with Crippen LogP contribution in [0.2, 0.25) is 5.04 Å². The second-order valence-electron chi connectivity index (χ2n) is 18.0. The van der Waals surface area contributed by atoms with Crippen LogP contribution >= 0.6 is 0 Å². The lowest BCUT2D eigenvalue weighted by Gasteiger charge is -2.46. The largest absolute Gasteiger partial charge is 0.462 e. The van der Waals surface area contributed by atoms with Gasteiger partial charge in [0.1, 0.15) is 12.2 Å². The third kappa shape index (κ3) is 7.55. The Labute approximate surface area is 312 Å². The minimum atomic E-state index is -2.96. The second kappa shape index (κ2) is 15.2. The zero-order valence-corrected chi connectivity index (χ0v) is 33.6. The first-order valence-electron chi connectivity index (χ1n) is 19.8. The van der Waals surface area contributed by atoms with Gasteiger partial charge >= 0.3 is 11.9 Å². The lowest BCUT2D eigenvalue weighted by atomic mass is 9.70. The van der Waals surface area contributed by atoms with Gasteiger partial charge < -0.3 is 13.9 Å². The van der Waals surface area contributed by atoms with Crippen molar-refractivity contribution in [3.63, 3.8) is 0 Å². The van der Waals surface area contributed by atoms with Crippen LogP contribution in [0.4, 0.5) is 0 Å². The summed E-state index contributed by atoms with van der Waals surface area (Å²) in [6.07, 6.45) is 10.8. The highest BCUT2D eigenvalue weighted by Gasteiger charge is 2.54. The summed E-state index contributed by atoms with van der Waals surface area (Å²) in [6, 6.07) is 21.3. The molecule has 0 unspecified atom stereocenters. The Kier molecular flexibility index (Phi) is 11.2. The molecule has 3 aliphatic carbocycles. The molecule has 4 aliphatic rings. The first kappa shape index (κ1) is 38.4. The van der Waals surface area contributed by atoms with Crippen molar-refractivity contribution in [1.82, 2.24) is 0 Å². The molecule has 0 amide bonds. The summed E-state index contributed by atoms with van der Waals surface area (Å²) in [5.74, 6) is -0.336. The SMILES string of the molecule is CC[C@@H]1CCC[C@H](O[Si](c2ccccc2)(c2ccccc2)C(C)(C)C)[C@H](C)C(=O)C2=C[C@@H]3[C@@H](C=C[C@@H]4C[C@@H](OC(=O)C(C)(C)C)C[C@@H]34)[C@@H]2CC(=O)O1. The van der Waals surface area contributed by atoms with E-state index in [1.807, 2.05) is 20.8 Å². The first-order chi connectivity index (χ1) is 24.6. The number of esters is 2. The van der Waals surface area contributed by atoms with E-state index in [1.165, 1.54) is 10.4 Å². The summed E-state index contributed by atoms with van der Waals surface area (Å²) >= 11 is 0. The van der Waals surface area contributed by atoms with Gasteiger partial charge in [-0.25, -0.2) is 0 Å². The molecule has 1 saturated heterocycles. The van der Waals surface area contributed by atoms with Crippen molar-refractivity contribution in [2.24, 2.45) is 40.9 Å². The summed E-state index contributed by atoms with van der Waals surface area (Å²) in [4.78, 5) is 41.5. The lowest BCUT2D eigenvalue weighted by Crippen LogP contribution is -2.68. The molecular formula is C45H60O6Si. The molecule has 2 fully saturated rings. The maximum absolute atomic E-state index is 15.1. The minimum absolute atomic E-state index is 0.0241. The Morgan fingerprint density at radius 1 is 0.865 bits per heavy atom. The van der Waals surface area contributed by atoms with Gasteiger partial charge in [-0.2, -0.15) is 0 Å². The van der Waals surface area contributed by atoms with Crippen LogP contribution in [0.1, 0.15) is 100 Å². The number of hydrogen-bond donors (Lipinski definition) is 0. The van der Waals surface area contributed by atoms with Gasteiger partial charge in [0.2, 0.25) is 0 Å². The monoisotopic (exact) mass is 724 g/mol. The fourth-order valence-electron chi connectivity index (χ4n) is 9.58. The van der Waals surface area contributed by atoms with Gasteiger partial charge in [-0.05, 0) is 104 Å². The van der Waals surface area contributed by atoms with Crippen LogP contribution in [-0.2, 0) is 28.3 Å². The summed E-state index contributed by atoms with van der Waals surface area (Å²) in [5.41, 5.74) is 0.192. The van der Waals surface area contributed by atoms with E-state index >= 15 is 4.79 Å². The van der Waals surface area contributed by atoms with Gasteiger partial charge in [0, 0.05) is 11.8 Å². The average Bonchev–Trinajstić information content (AvgIpc) is 3.69. The molecule has 9 atom stereocenters. The Morgan fingerprint density at radius 3 is 2.08 bits per heavy atom. The number of allylic oxidation sites excluding steroid dienone is 4. The van der Waals surface area contributed by atoms with E-state index in [0.29, 0.717) is 6.42 Å². The van der Waals surface area contributed by atoms with E-state index in [4.69, 9.17) is 13.9 Å². The number of benzene rings is 2. The third-order valence-electron chi connectivity index (χ3n) is 12.4. The number of fused-ring (bicyclic) bond motifs is 5. The highest BCUT2D eigenvalue weighted by atomic mass is 28.4. The molecule has 6 rings (SSSR count). The molecule has 2 aromatic carbocycles. The number of ketones is 1. The minimum Gasteiger partial charge on any atom is -0.462 e. The fraction of sp³-hybridized carbons (Fsp3) is 0.578. The predicted octanol–water partition coefficient (Wildman–Crippen LogP) is 8.38. The van der Waals surface area contributed by atoms with E-state index in [0.717, 1.165) is 37.7 Å². The molecule has 7 heteroatoms. The zero-order valence-electron chi connectivity index (χ0n) is 32.6. The van der Waals surface area contributed by atoms with Gasteiger partial charge in [-0.3, -0.25) is 14.4 Å². The van der Waals surface area contributed by atoms with Crippen LogP contribution in [0.25, 0.3) is 0 Å². The standard InChI is InChI=1S/C45H60O6Si/c1-9-31-17-16-22-40(51-52(45(6,7)8,33-18-12-10-13-19-33)34-20-14-11-15-21-34)29(2)42(47)39-27-37-35(38(39)28-41(46)49-31)24-23-30-25-32(26-36(30)37)50-43(48)44(3,4)5/h10-15,18-21,23-24,27,29-32,35-38,40H,9,16-17,22,25-26,28H2,1-8H3/t29-,30+,31+,32+,35+,36+,37+,38-,40-/m0/s1. The molecule has 2 aromatic rings. The predicted molar refractivity (Wildman–Crippen MR) is 209 cm³/mol. The smallest absolute Gasteiger partial charge is 0.311 e. The fourth-order valence-corrected chi connectivity index (χ4v) is 14.4. The first-order valence-corrected chi connectivity index (χ1v) is 21.7. The molecule has 1 aliphatic heterocycles. The summed E-state index contributed by atoms with van der Waals surface area (Å²) < 4.78 is 19.9. The summed E-state index contributed by atoms with van der Waals surface area (Å²) in [6.45, 7) is 16.7. The number of cyclic esters (lactones) is 1. The molecule has 1 saturated carbocycles. The maximum Gasteiger partial charge on any atom is 0.311 e. The Hall–Kier alpha value is -3.29. The average molecular weight is 725 g/mol. The van der Waals surface area contributed by atoms with Gasteiger partial charge in [0.15, 0.2) is 5.78 Å². The number of carbonyl (C=O) groups excluding carboxylic acids is 3. The summed E-state index contributed by atoms with van der Waals surface area (Å²) in [7, 11) is -2.96. The Balaban J connectivity index is 1.38. The molecule has 280 valence electrons. The molecule has 0 radical (unpaired) electrons. The molecule has 1 heterocycles. The molecule has 0 spiro atoms. The van der Waals surface area contributed by atoms with Crippen LogP contribution in [0.3, 0.4) is 0 Å². The number of ether oxygens (including phenoxy) is 2. The van der Waals surface area contributed by atoms with Crippen molar-refractivity contribution in [2.45, 2.75) is 124 Å². The third-order valence-corrected chi connectivity index (χ3v) is 17.5. The number of carbonyl (C=O) groups is 3. The van der Waals surface area contributed by atoms with Crippen LogP contribution < -0.4 is 10.4 Å². The van der Waals surface area contributed by atoms with E-state index < -0.39 is 19.7 Å². The van der Waals surface area contributed by atoms with Crippen LogP contribution in [0, 0.1) is 40.9 Å². The van der Waals surface area contributed by atoms with Crippen LogP contribution in [-0.4, -0.2) is 44.4 Å². The van der Waals surface area contributed by atoms with Gasteiger partial charge in [0.05, 0.1) is 17.9 Å². The normalized spacial score (nSPS) is 31.3. The maximum atomic E-state index is 15.1. The lowest BCUT2D eigenvalue weighted by molar-refractivity contribution is -0.158. The van der Waals surface area contributed by atoms with E-state index in [2.05, 4.69) is 114 Å². The highest BCUT2D eigenvalue weighted by Crippen LogP contribution is 2.54. The van der Waals surface area contributed by atoms with Crippen molar-refractivity contribution >= 4 is 36.4 Å². The van der Waals surface area contributed by atoms with Crippen LogP contribution in [0.5, 0.6) is 0 Å². The molecule has 0 bridgehead atoms. The Bertz CT molecular complexity index is 1610. The molecule has 6 nitrogen and oxygen atoms in total. The van der Waals surface area contributed by atoms with Crippen molar-refractivity contribution in [1.29, 1.82) is 0 Å². The van der Waals surface area contributed by atoms with Gasteiger partial charge in [-0.15, -0.1) is 0 Å². The van der Waals surface area contributed by atoms with Crippen molar-refractivity contribution < 1.29 is 28.3 Å². The molecule has 52 heavy (non-hydrogen) atoms. The number of hydrogen-bond acceptors (Lipinski definition) is 6. The topological polar surface area (TPSA) is 78.9 Å². The van der Waals surface area contributed by atoms with Crippen LogP contribution in [0.15, 0.2) is 84.5 Å². The quantitative estimate of drug-likeness (QED) is 0.169. The molecular weight excluding hydrogens is 665 g/mol. The molecule has 0 aromatic heterocycles. The van der Waals surface area contributed by atoms with Gasteiger partial charge in [0.25, 0.3) is 8.32 Å². The zero-order chi connectivity index (χ0) is 37.4. The van der Waals surface area contributed by atoms with Crippen molar-refractivity contribution in [3.05, 3.63) is 84.5 Å². The van der Waals surface area contributed by atoms with E-state index in [-0.39, 0.29) is 77.1 Å².